The fraction of sp³-hybridized carbons (Fsp3) is 0.538. The molecule has 29 heavy (non-hydrogen) atoms. The van der Waals surface area contributed by atoms with Crippen molar-refractivity contribution in [2.75, 3.05) is 13.6 Å². The summed E-state index contributed by atoms with van der Waals surface area (Å²) in [6, 6.07) is 15.2. The van der Waals surface area contributed by atoms with Gasteiger partial charge in [0.2, 0.25) is 5.91 Å². The van der Waals surface area contributed by atoms with Crippen LogP contribution in [0.3, 0.4) is 0 Å². The van der Waals surface area contributed by atoms with Crippen molar-refractivity contribution in [1.29, 1.82) is 0 Å². The molecule has 6 rings (SSSR count). The van der Waals surface area contributed by atoms with Crippen molar-refractivity contribution in [2.45, 2.75) is 57.3 Å². The lowest BCUT2D eigenvalue weighted by Gasteiger charge is -2.62. The largest absolute Gasteiger partial charge is 0.345 e. The number of hydrogen-bond acceptors (Lipinski definition) is 2. The van der Waals surface area contributed by atoms with Gasteiger partial charge < -0.3 is 4.90 Å². The molecular formula is C26H32N2O. The van der Waals surface area contributed by atoms with E-state index >= 15 is 0 Å². The minimum Gasteiger partial charge on any atom is -0.345 e. The molecule has 4 aliphatic carbocycles. The van der Waals surface area contributed by atoms with E-state index in [1.54, 1.807) is 0 Å². The summed E-state index contributed by atoms with van der Waals surface area (Å²) in [6.45, 7) is 2.91. The summed E-state index contributed by atoms with van der Waals surface area (Å²) in [4.78, 5) is 20.2. The Kier molecular flexibility index (Phi) is 4.53. The zero-order chi connectivity index (χ0) is 20.1. The summed E-state index contributed by atoms with van der Waals surface area (Å²) < 4.78 is 0. The summed E-state index contributed by atoms with van der Waals surface area (Å²) >= 11 is 0. The Hall–Kier alpha value is -2.16. The van der Waals surface area contributed by atoms with E-state index in [1.165, 1.54) is 30.4 Å². The maximum atomic E-state index is 13.8. The molecule has 1 heterocycles. The number of amides is 1. The maximum Gasteiger partial charge on any atom is 0.228 e. The second-order valence-electron chi connectivity index (χ2n) is 10.2. The molecule has 0 radical (unpaired) electrons. The van der Waals surface area contributed by atoms with Crippen molar-refractivity contribution in [3.63, 3.8) is 0 Å². The van der Waals surface area contributed by atoms with Crippen LogP contribution < -0.4 is 0 Å². The second-order valence-corrected chi connectivity index (χ2v) is 10.2. The molecule has 1 aromatic carbocycles. The first-order valence-electron chi connectivity index (χ1n) is 11.2. The van der Waals surface area contributed by atoms with Crippen molar-refractivity contribution in [2.24, 2.45) is 17.3 Å². The van der Waals surface area contributed by atoms with Crippen LogP contribution in [0.2, 0.25) is 0 Å². The molecular weight excluding hydrogens is 356 g/mol. The van der Waals surface area contributed by atoms with Gasteiger partial charge in [0.25, 0.3) is 0 Å². The highest BCUT2D eigenvalue weighted by molar-refractivity contribution is 5.83. The van der Waals surface area contributed by atoms with Gasteiger partial charge in [0, 0.05) is 31.9 Å². The lowest BCUT2D eigenvalue weighted by atomic mass is 9.42. The SMILES string of the molecule is Cc1ccc(C23CC4CC(CC(C(=O)N(C)CCc5ccccn5)(C4)C2)C3)cc1. The molecule has 2 unspecified atom stereocenters. The number of likely N-dealkylation sites (N-methyl/N-ethyl adjacent to an activating group) is 1. The third-order valence-electron chi connectivity index (χ3n) is 7.95. The van der Waals surface area contributed by atoms with Gasteiger partial charge in [0.15, 0.2) is 0 Å². The molecule has 1 amide bonds. The van der Waals surface area contributed by atoms with Gasteiger partial charge in [0.05, 0.1) is 5.41 Å². The molecule has 4 aliphatic rings. The summed E-state index contributed by atoms with van der Waals surface area (Å²) in [5, 5.41) is 0. The van der Waals surface area contributed by atoms with E-state index in [1.807, 2.05) is 30.3 Å². The number of aryl methyl sites for hydroxylation is 1. The summed E-state index contributed by atoms with van der Waals surface area (Å²) in [5.74, 6) is 1.82. The van der Waals surface area contributed by atoms with Crippen LogP contribution in [0, 0.1) is 24.2 Å². The monoisotopic (exact) mass is 388 g/mol. The van der Waals surface area contributed by atoms with Gasteiger partial charge in [-0.3, -0.25) is 9.78 Å². The molecule has 2 aromatic rings. The van der Waals surface area contributed by atoms with Crippen LogP contribution in [-0.2, 0) is 16.6 Å². The van der Waals surface area contributed by atoms with Gasteiger partial charge >= 0.3 is 0 Å². The van der Waals surface area contributed by atoms with Gasteiger partial charge in [-0.1, -0.05) is 35.9 Å². The van der Waals surface area contributed by atoms with Crippen molar-refractivity contribution in [1.82, 2.24) is 9.88 Å². The Morgan fingerprint density at radius 3 is 2.45 bits per heavy atom. The number of aromatic nitrogens is 1. The number of hydrogen-bond donors (Lipinski definition) is 0. The van der Waals surface area contributed by atoms with E-state index in [-0.39, 0.29) is 10.8 Å². The van der Waals surface area contributed by atoms with E-state index in [4.69, 9.17) is 0 Å². The minimum absolute atomic E-state index is 0.145. The maximum absolute atomic E-state index is 13.8. The average Bonchev–Trinajstić information content (AvgIpc) is 2.71. The van der Waals surface area contributed by atoms with Crippen LogP contribution in [0.15, 0.2) is 48.7 Å². The van der Waals surface area contributed by atoms with Crippen molar-refractivity contribution in [3.05, 3.63) is 65.5 Å². The van der Waals surface area contributed by atoms with Crippen LogP contribution in [0.1, 0.15) is 55.3 Å². The predicted octanol–water partition coefficient (Wildman–Crippen LogP) is 4.93. The zero-order valence-electron chi connectivity index (χ0n) is 17.7. The first kappa shape index (κ1) is 18.8. The third kappa shape index (κ3) is 3.29. The molecule has 3 nitrogen and oxygen atoms in total. The van der Waals surface area contributed by atoms with Gasteiger partial charge in [-0.15, -0.1) is 0 Å². The van der Waals surface area contributed by atoms with Crippen LogP contribution in [-0.4, -0.2) is 29.4 Å². The van der Waals surface area contributed by atoms with Gasteiger partial charge in [0.1, 0.15) is 0 Å². The van der Waals surface area contributed by atoms with Crippen molar-refractivity contribution < 1.29 is 4.79 Å². The highest BCUT2D eigenvalue weighted by atomic mass is 16.2. The molecule has 3 heteroatoms. The highest BCUT2D eigenvalue weighted by Gasteiger charge is 2.61. The molecule has 1 aromatic heterocycles. The molecule has 0 spiro atoms. The second kappa shape index (κ2) is 6.97. The Morgan fingerprint density at radius 2 is 1.79 bits per heavy atom. The first-order valence-corrected chi connectivity index (χ1v) is 11.2. The average molecular weight is 389 g/mol. The lowest BCUT2D eigenvalue weighted by Crippen LogP contribution is -2.59. The number of nitrogens with zero attached hydrogens (tertiary/aromatic N) is 2. The molecule has 152 valence electrons. The summed E-state index contributed by atoms with van der Waals surface area (Å²) in [6.07, 6.45) is 9.80. The first-order chi connectivity index (χ1) is 14.0. The molecule has 0 N–H and O–H groups in total. The number of carbonyl (C=O) groups excluding carboxylic acids is 1. The van der Waals surface area contributed by atoms with Gasteiger partial charge in [-0.05, 0) is 80.4 Å². The third-order valence-corrected chi connectivity index (χ3v) is 7.95. The topological polar surface area (TPSA) is 33.2 Å². The number of benzene rings is 1. The molecule has 4 bridgehead atoms. The molecule has 4 fully saturated rings. The molecule has 2 atom stereocenters. The Bertz CT molecular complexity index is 875. The van der Waals surface area contributed by atoms with Gasteiger partial charge in [-0.2, -0.15) is 0 Å². The van der Waals surface area contributed by atoms with Gasteiger partial charge in [-0.25, -0.2) is 0 Å². The standard InChI is InChI=1S/C26H32N2O/c1-19-6-8-22(9-7-19)25-14-20-13-21(15-25)17-26(16-20,18-25)24(29)28(2)12-10-23-5-3-4-11-27-23/h3-9,11,20-21H,10,12-18H2,1-2H3. The predicted molar refractivity (Wildman–Crippen MR) is 116 cm³/mol. The smallest absolute Gasteiger partial charge is 0.228 e. The lowest BCUT2D eigenvalue weighted by molar-refractivity contribution is -0.159. The zero-order valence-corrected chi connectivity index (χ0v) is 17.7. The van der Waals surface area contributed by atoms with Crippen molar-refractivity contribution in [3.8, 4) is 0 Å². The summed E-state index contributed by atoms with van der Waals surface area (Å²) in [5.41, 5.74) is 3.93. The van der Waals surface area contributed by atoms with E-state index in [0.717, 1.165) is 37.9 Å². The van der Waals surface area contributed by atoms with E-state index in [2.05, 4.69) is 42.2 Å². The van der Waals surface area contributed by atoms with E-state index < -0.39 is 0 Å². The van der Waals surface area contributed by atoms with E-state index in [0.29, 0.717) is 17.7 Å². The molecule has 0 saturated heterocycles. The quantitative estimate of drug-likeness (QED) is 0.728. The Labute approximate surface area is 174 Å². The number of carbonyl (C=O) groups is 1. The van der Waals surface area contributed by atoms with Crippen LogP contribution in [0.5, 0.6) is 0 Å². The van der Waals surface area contributed by atoms with Crippen molar-refractivity contribution >= 4 is 5.91 Å². The van der Waals surface area contributed by atoms with Crippen LogP contribution in [0.25, 0.3) is 0 Å². The van der Waals surface area contributed by atoms with Crippen LogP contribution in [0.4, 0.5) is 0 Å². The minimum atomic E-state index is -0.145. The number of rotatable bonds is 5. The molecule has 4 saturated carbocycles. The molecule has 0 aliphatic heterocycles. The van der Waals surface area contributed by atoms with Crippen LogP contribution >= 0.6 is 0 Å². The fourth-order valence-corrected chi connectivity index (χ4v) is 7.09. The highest BCUT2D eigenvalue weighted by Crippen LogP contribution is 2.66. The number of pyridine rings is 1. The van der Waals surface area contributed by atoms with E-state index in [9.17, 15) is 4.79 Å². The Balaban J connectivity index is 1.38. The fourth-order valence-electron chi connectivity index (χ4n) is 7.09. The Morgan fingerprint density at radius 1 is 1.07 bits per heavy atom. The summed E-state index contributed by atoms with van der Waals surface area (Å²) in [7, 11) is 2.00. The normalized spacial score (nSPS) is 32.3.